The topological polar surface area (TPSA) is 58.6 Å². The van der Waals surface area contributed by atoms with Gasteiger partial charge in [0.2, 0.25) is 0 Å². The van der Waals surface area contributed by atoms with Crippen LogP contribution in [0.15, 0.2) is 24.5 Å². The molecule has 2 aliphatic rings. The zero-order chi connectivity index (χ0) is 20.8. The average Bonchev–Trinajstić information content (AvgIpc) is 3.34. The summed E-state index contributed by atoms with van der Waals surface area (Å²) in [5, 5.41) is 1.75. The second-order valence-corrected chi connectivity index (χ2v) is 9.39. The van der Waals surface area contributed by atoms with Crippen molar-refractivity contribution >= 4 is 44.9 Å². The summed E-state index contributed by atoms with van der Waals surface area (Å²) in [6, 6.07) is 5.30. The molecule has 1 unspecified atom stereocenters. The summed E-state index contributed by atoms with van der Waals surface area (Å²) >= 11 is 7.94. The van der Waals surface area contributed by atoms with Crippen LogP contribution in [-0.4, -0.2) is 53.6 Å². The SMILES string of the molecule is COc1ccc(Cl)cc1C(=O)N1CCN(c2ncnc3sc4c(c23)CCC4)C(C)C1. The van der Waals surface area contributed by atoms with E-state index in [0.29, 0.717) is 29.4 Å². The first kappa shape index (κ1) is 19.6. The molecule has 1 atom stereocenters. The molecule has 0 N–H and O–H groups in total. The van der Waals surface area contributed by atoms with Crippen LogP contribution in [0.1, 0.15) is 34.1 Å². The van der Waals surface area contributed by atoms with Gasteiger partial charge in [-0.15, -0.1) is 11.3 Å². The second kappa shape index (κ2) is 7.71. The number of nitrogens with zero attached hydrogens (tertiary/aromatic N) is 4. The summed E-state index contributed by atoms with van der Waals surface area (Å²) < 4.78 is 5.38. The number of aryl methyl sites for hydroxylation is 2. The number of ether oxygens (including phenoxy) is 1. The summed E-state index contributed by atoms with van der Waals surface area (Å²) in [6.45, 7) is 4.12. The third-order valence-corrected chi connectivity index (χ3v) is 7.49. The van der Waals surface area contributed by atoms with Crippen molar-refractivity contribution in [2.45, 2.75) is 32.2 Å². The number of anilines is 1. The monoisotopic (exact) mass is 442 g/mol. The Morgan fingerprint density at radius 2 is 2.13 bits per heavy atom. The van der Waals surface area contributed by atoms with Crippen molar-refractivity contribution in [3.05, 3.63) is 45.6 Å². The standard InChI is InChI=1S/C22H23ClN4O2S/c1-13-11-26(22(28)16-10-14(23)6-7-17(16)29-2)8-9-27(13)20-19-15-4-3-5-18(15)30-21(19)25-12-24-20/h6-7,10,12-13H,3-5,8-9,11H2,1-2H3. The number of hydrogen-bond acceptors (Lipinski definition) is 6. The largest absolute Gasteiger partial charge is 0.496 e. The van der Waals surface area contributed by atoms with Crippen molar-refractivity contribution in [2.75, 3.05) is 31.6 Å². The Hall–Kier alpha value is -2.38. The first-order valence-electron chi connectivity index (χ1n) is 10.2. The Labute approximate surface area is 184 Å². The van der Waals surface area contributed by atoms with Gasteiger partial charge in [-0.3, -0.25) is 4.79 Å². The minimum absolute atomic E-state index is 0.0508. The Bertz CT molecular complexity index is 1130. The van der Waals surface area contributed by atoms with E-state index in [0.717, 1.165) is 30.0 Å². The number of amides is 1. The van der Waals surface area contributed by atoms with Crippen molar-refractivity contribution in [3.63, 3.8) is 0 Å². The van der Waals surface area contributed by atoms with Gasteiger partial charge in [0.15, 0.2) is 0 Å². The smallest absolute Gasteiger partial charge is 0.257 e. The van der Waals surface area contributed by atoms with Crippen molar-refractivity contribution in [3.8, 4) is 5.75 Å². The normalized spacial score (nSPS) is 18.7. The third kappa shape index (κ3) is 3.20. The Balaban J connectivity index is 1.41. The van der Waals surface area contributed by atoms with Crippen molar-refractivity contribution < 1.29 is 9.53 Å². The maximum Gasteiger partial charge on any atom is 0.257 e. The predicted molar refractivity (Wildman–Crippen MR) is 120 cm³/mol. The highest BCUT2D eigenvalue weighted by Gasteiger charge is 2.32. The lowest BCUT2D eigenvalue weighted by Gasteiger charge is -2.41. The van der Waals surface area contributed by atoms with Gasteiger partial charge in [0.1, 0.15) is 22.7 Å². The summed E-state index contributed by atoms with van der Waals surface area (Å²) in [5.41, 5.74) is 1.94. The Morgan fingerprint density at radius 3 is 2.93 bits per heavy atom. The first-order chi connectivity index (χ1) is 14.6. The van der Waals surface area contributed by atoms with E-state index in [-0.39, 0.29) is 11.9 Å². The molecule has 3 aromatic rings. The van der Waals surface area contributed by atoms with Gasteiger partial charge in [-0.05, 0) is 49.9 Å². The molecule has 8 heteroatoms. The average molecular weight is 443 g/mol. The Morgan fingerprint density at radius 1 is 1.27 bits per heavy atom. The van der Waals surface area contributed by atoms with Gasteiger partial charge in [0.05, 0.1) is 18.1 Å². The van der Waals surface area contributed by atoms with Gasteiger partial charge >= 0.3 is 0 Å². The summed E-state index contributed by atoms with van der Waals surface area (Å²) in [5.74, 6) is 1.51. The number of thiophene rings is 1. The van der Waals surface area contributed by atoms with E-state index in [1.54, 1.807) is 43.0 Å². The van der Waals surface area contributed by atoms with Crippen molar-refractivity contribution in [1.29, 1.82) is 0 Å². The molecule has 1 fully saturated rings. The molecular weight excluding hydrogens is 420 g/mol. The maximum absolute atomic E-state index is 13.2. The van der Waals surface area contributed by atoms with E-state index in [2.05, 4.69) is 21.8 Å². The number of piperazine rings is 1. The lowest BCUT2D eigenvalue weighted by Crippen LogP contribution is -2.54. The fraction of sp³-hybridized carbons (Fsp3) is 0.409. The third-order valence-electron chi connectivity index (χ3n) is 6.06. The van der Waals surface area contributed by atoms with Crippen LogP contribution in [-0.2, 0) is 12.8 Å². The van der Waals surface area contributed by atoms with Gasteiger partial charge in [-0.1, -0.05) is 11.6 Å². The number of methoxy groups -OCH3 is 1. The minimum Gasteiger partial charge on any atom is -0.496 e. The van der Waals surface area contributed by atoms with Crippen LogP contribution in [0, 0.1) is 0 Å². The molecule has 2 aromatic heterocycles. The number of rotatable bonds is 3. The quantitative estimate of drug-likeness (QED) is 0.608. The Kier molecular flexibility index (Phi) is 5.03. The molecule has 0 radical (unpaired) electrons. The number of fused-ring (bicyclic) bond motifs is 3. The first-order valence-corrected chi connectivity index (χ1v) is 11.4. The summed E-state index contributed by atoms with van der Waals surface area (Å²) in [7, 11) is 1.57. The van der Waals surface area contributed by atoms with Crippen molar-refractivity contribution in [2.24, 2.45) is 0 Å². The van der Waals surface area contributed by atoms with E-state index in [1.807, 2.05) is 4.90 Å². The van der Waals surface area contributed by atoms with Gasteiger partial charge < -0.3 is 14.5 Å². The molecule has 1 aromatic carbocycles. The number of benzene rings is 1. The van der Waals surface area contributed by atoms with Crippen LogP contribution in [0.2, 0.25) is 5.02 Å². The van der Waals surface area contributed by atoms with E-state index in [1.165, 1.54) is 22.2 Å². The van der Waals surface area contributed by atoms with Crippen LogP contribution in [0.3, 0.4) is 0 Å². The molecule has 1 saturated heterocycles. The van der Waals surface area contributed by atoms with Crippen LogP contribution in [0.4, 0.5) is 5.82 Å². The second-order valence-electron chi connectivity index (χ2n) is 7.87. The number of hydrogen-bond donors (Lipinski definition) is 0. The minimum atomic E-state index is -0.0508. The van der Waals surface area contributed by atoms with Gasteiger partial charge in [0.25, 0.3) is 5.91 Å². The zero-order valence-corrected chi connectivity index (χ0v) is 18.6. The highest BCUT2D eigenvalue weighted by atomic mass is 35.5. The molecule has 0 saturated carbocycles. The molecule has 3 heterocycles. The maximum atomic E-state index is 13.2. The number of halogens is 1. The van der Waals surface area contributed by atoms with Crippen LogP contribution >= 0.6 is 22.9 Å². The van der Waals surface area contributed by atoms with E-state index in [9.17, 15) is 4.79 Å². The number of aromatic nitrogens is 2. The van der Waals surface area contributed by atoms with E-state index in [4.69, 9.17) is 16.3 Å². The van der Waals surface area contributed by atoms with E-state index < -0.39 is 0 Å². The highest BCUT2D eigenvalue weighted by molar-refractivity contribution is 7.19. The van der Waals surface area contributed by atoms with E-state index >= 15 is 0 Å². The van der Waals surface area contributed by atoms with Gasteiger partial charge in [-0.2, -0.15) is 0 Å². The molecular formula is C22H23ClN4O2S. The number of carbonyl (C=O) groups excluding carboxylic acids is 1. The molecule has 156 valence electrons. The molecule has 1 aliphatic carbocycles. The molecule has 30 heavy (non-hydrogen) atoms. The molecule has 0 bridgehead atoms. The molecule has 1 amide bonds. The lowest BCUT2D eigenvalue weighted by atomic mass is 10.1. The van der Waals surface area contributed by atoms with Crippen LogP contribution in [0.5, 0.6) is 5.75 Å². The fourth-order valence-electron chi connectivity index (χ4n) is 4.60. The zero-order valence-electron chi connectivity index (χ0n) is 17.0. The highest BCUT2D eigenvalue weighted by Crippen LogP contribution is 2.40. The fourth-order valence-corrected chi connectivity index (χ4v) is 6.00. The van der Waals surface area contributed by atoms with Crippen LogP contribution in [0.25, 0.3) is 10.2 Å². The molecule has 6 nitrogen and oxygen atoms in total. The molecule has 1 aliphatic heterocycles. The summed E-state index contributed by atoms with van der Waals surface area (Å²) in [6.07, 6.45) is 5.14. The van der Waals surface area contributed by atoms with Crippen LogP contribution < -0.4 is 9.64 Å². The van der Waals surface area contributed by atoms with Gasteiger partial charge in [0, 0.05) is 35.6 Å². The molecule has 0 spiro atoms. The predicted octanol–water partition coefficient (Wildman–Crippen LogP) is 4.19. The summed E-state index contributed by atoms with van der Waals surface area (Å²) in [4.78, 5) is 29.1. The van der Waals surface area contributed by atoms with Gasteiger partial charge in [-0.25, -0.2) is 9.97 Å². The van der Waals surface area contributed by atoms with Crippen molar-refractivity contribution in [1.82, 2.24) is 14.9 Å². The molecule has 5 rings (SSSR count). The number of carbonyl (C=O) groups is 1. The lowest BCUT2D eigenvalue weighted by molar-refractivity contribution is 0.0722.